The Morgan fingerprint density at radius 1 is 1.42 bits per heavy atom. The van der Waals surface area contributed by atoms with Crippen LogP contribution in [0.2, 0.25) is 12.6 Å². The number of hydrogen-bond acceptors (Lipinski definition) is 1. The monoisotopic (exact) mass is 155 g/mol. The Labute approximate surface area is 73.1 Å². The Hall–Kier alpha value is -1.23. The topological polar surface area (TPSA) is 23.8 Å². The van der Waals surface area contributed by atoms with Crippen molar-refractivity contribution in [3.63, 3.8) is 0 Å². The molecule has 1 aromatic carbocycles. The lowest BCUT2D eigenvalue weighted by Crippen LogP contribution is -1.95. The summed E-state index contributed by atoms with van der Waals surface area (Å²) < 4.78 is 0. The summed E-state index contributed by atoms with van der Waals surface area (Å²) in [6, 6.07) is 10.1. The average molecular weight is 155 g/mol. The van der Waals surface area contributed by atoms with Gasteiger partial charge in [-0.25, -0.2) is 0 Å². The maximum atomic E-state index is 8.66. The lowest BCUT2D eigenvalue weighted by Gasteiger charge is -1.96. The minimum Gasteiger partial charge on any atom is -0.192 e. The predicted octanol–water partition coefficient (Wildman–Crippen LogP) is 2.15. The van der Waals surface area contributed by atoms with E-state index in [4.69, 9.17) is 5.26 Å². The van der Waals surface area contributed by atoms with Crippen molar-refractivity contribution < 1.29 is 0 Å². The van der Waals surface area contributed by atoms with Gasteiger partial charge in [-0.15, -0.1) is 0 Å². The second kappa shape index (κ2) is 3.02. The number of benzene rings is 1. The zero-order valence-corrected chi connectivity index (χ0v) is 6.96. The van der Waals surface area contributed by atoms with Gasteiger partial charge in [-0.1, -0.05) is 30.3 Å². The van der Waals surface area contributed by atoms with Gasteiger partial charge >= 0.3 is 0 Å². The zero-order valence-electron chi connectivity index (χ0n) is 6.96. The summed E-state index contributed by atoms with van der Waals surface area (Å²) in [5.74, 6) is 0. The second-order valence-electron chi connectivity index (χ2n) is 3.46. The molecule has 1 aliphatic heterocycles. The van der Waals surface area contributed by atoms with Gasteiger partial charge in [0.05, 0.1) is 11.6 Å². The Kier molecular flexibility index (Phi) is 1.87. The molecule has 0 amide bonds. The number of hydrogen-bond donors (Lipinski definition) is 0. The molecule has 0 N–H and O–H groups in total. The molecule has 0 bridgehead atoms. The molecule has 1 aliphatic rings. The molecule has 1 aromatic rings. The van der Waals surface area contributed by atoms with Crippen LogP contribution in [0.3, 0.4) is 0 Å². The van der Waals surface area contributed by atoms with Gasteiger partial charge in [-0.2, -0.15) is 5.26 Å². The summed E-state index contributed by atoms with van der Waals surface area (Å²) in [4.78, 5) is 0. The molecule has 0 saturated carbocycles. The summed E-state index contributed by atoms with van der Waals surface area (Å²) in [5, 5.41) is 8.66. The normalized spacial score (nSPS) is 14.1. The first kappa shape index (κ1) is 7.43. The van der Waals surface area contributed by atoms with Gasteiger partial charge in [0.25, 0.3) is 0 Å². The largest absolute Gasteiger partial charge is 0.192 e. The highest BCUT2D eigenvalue weighted by molar-refractivity contribution is 6.68. The molecule has 0 unspecified atom stereocenters. The molecule has 0 aromatic heterocycles. The molecule has 1 fully saturated rings. The third-order valence-corrected chi connectivity index (χ3v) is 2.28. The van der Waals surface area contributed by atoms with E-state index < -0.39 is 0 Å². The summed E-state index contributed by atoms with van der Waals surface area (Å²) >= 11 is 0. The van der Waals surface area contributed by atoms with Crippen molar-refractivity contribution in [2.75, 3.05) is 0 Å². The van der Waals surface area contributed by atoms with E-state index in [-0.39, 0.29) is 0 Å². The van der Waals surface area contributed by atoms with Crippen LogP contribution in [0, 0.1) is 11.3 Å². The minimum atomic E-state index is 0.785. The molecule has 2 heteroatoms. The fraction of sp³-hybridized carbons (Fsp3) is 0.300. The molecular formula is C10H10BN. The van der Waals surface area contributed by atoms with E-state index in [0.29, 0.717) is 0 Å². The molecule has 1 saturated heterocycles. The zero-order chi connectivity index (χ0) is 8.39. The van der Waals surface area contributed by atoms with E-state index in [9.17, 15) is 0 Å². The van der Waals surface area contributed by atoms with Gasteiger partial charge in [-0.3, -0.25) is 0 Å². The van der Waals surface area contributed by atoms with Crippen molar-refractivity contribution in [1.82, 2.24) is 0 Å². The first-order valence-corrected chi connectivity index (χ1v) is 4.37. The molecule has 58 valence electrons. The van der Waals surface area contributed by atoms with Gasteiger partial charge in [0, 0.05) is 0 Å². The van der Waals surface area contributed by atoms with Crippen LogP contribution >= 0.6 is 0 Å². The van der Waals surface area contributed by atoms with Crippen LogP contribution in [0.15, 0.2) is 24.3 Å². The van der Waals surface area contributed by atoms with Crippen LogP contribution in [0.5, 0.6) is 0 Å². The Bertz CT molecular complexity index is 323. The molecule has 0 radical (unpaired) electrons. The Morgan fingerprint density at radius 3 is 2.92 bits per heavy atom. The van der Waals surface area contributed by atoms with Crippen molar-refractivity contribution in [1.29, 1.82) is 5.26 Å². The highest BCUT2D eigenvalue weighted by Gasteiger charge is 2.25. The van der Waals surface area contributed by atoms with Crippen LogP contribution in [-0.2, 0) is 6.32 Å². The lowest BCUT2D eigenvalue weighted by atomic mass is 9.65. The Balaban J connectivity index is 2.15. The van der Waals surface area contributed by atoms with Crippen LogP contribution in [-0.4, -0.2) is 6.71 Å². The Morgan fingerprint density at radius 2 is 2.25 bits per heavy atom. The predicted molar refractivity (Wildman–Crippen MR) is 50.2 cm³/mol. The van der Waals surface area contributed by atoms with Crippen LogP contribution < -0.4 is 0 Å². The van der Waals surface area contributed by atoms with Crippen molar-refractivity contribution in [3.8, 4) is 6.07 Å². The number of nitriles is 1. The number of rotatable bonds is 2. The summed E-state index contributed by atoms with van der Waals surface area (Å²) in [6.45, 7) is 0.902. The highest BCUT2D eigenvalue weighted by atomic mass is 14.2. The van der Waals surface area contributed by atoms with Crippen LogP contribution in [0.25, 0.3) is 0 Å². The van der Waals surface area contributed by atoms with Crippen molar-refractivity contribution >= 4 is 6.71 Å². The third kappa shape index (κ3) is 1.68. The molecular weight excluding hydrogens is 145 g/mol. The van der Waals surface area contributed by atoms with Crippen molar-refractivity contribution in [3.05, 3.63) is 35.4 Å². The van der Waals surface area contributed by atoms with Gasteiger partial charge in [0.2, 0.25) is 0 Å². The molecule has 0 aliphatic carbocycles. The van der Waals surface area contributed by atoms with Crippen molar-refractivity contribution in [2.45, 2.75) is 19.0 Å². The maximum absolute atomic E-state index is 8.66. The quantitative estimate of drug-likeness (QED) is 0.600. The number of nitrogens with zero attached hydrogens (tertiary/aromatic N) is 1. The van der Waals surface area contributed by atoms with Crippen molar-refractivity contribution in [2.24, 2.45) is 0 Å². The fourth-order valence-electron chi connectivity index (χ4n) is 1.42. The lowest BCUT2D eigenvalue weighted by molar-refractivity contribution is 1.36. The molecule has 0 spiro atoms. The SMILES string of the molecule is N#Cc1cccc(CB2CC2)c1. The van der Waals surface area contributed by atoms with E-state index in [1.165, 1.54) is 18.2 Å². The van der Waals surface area contributed by atoms with E-state index in [1.807, 2.05) is 18.2 Å². The molecule has 1 nitrogen and oxygen atoms in total. The van der Waals surface area contributed by atoms with Gasteiger partial charge in [0.1, 0.15) is 6.71 Å². The average Bonchev–Trinajstić information content (AvgIpc) is 2.89. The summed E-state index contributed by atoms with van der Waals surface area (Å²) in [7, 11) is 0. The second-order valence-corrected chi connectivity index (χ2v) is 3.46. The standard InChI is InChI=1S/C10H10BN/c12-8-10-3-1-2-9(6-10)7-11-4-5-11/h1-3,6H,4-5,7H2. The summed E-state index contributed by atoms with van der Waals surface area (Å²) in [5.41, 5.74) is 2.10. The maximum Gasteiger partial charge on any atom is 0.143 e. The van der Waals surface area contributed by atoms with Crippen LogP contribution in [0.4, 0.5) is 0 Å². The highest BCUT2D eigenvalue weighted by Crippen LogP contribution is 2.25. The first-order chi connectivity index (χ1) is 5.88. The smallest absolute Gasteiger partial charge is 0.143 e. The first-order valence-electron chi connectivity index (χ1n) is 4.37. The van der Waals surface area contributed by atoms with Gasteiger partial charge in [0.15, 0.2) is 0 Å². The van der Waals surface area contributed by atoms with E-state index in [1.54, 1.807) is 0 Å². The van der Waals surface area contributed by atoms with E-state index in [2.05, 4.69) is 12.1 Å². The van der Waals surface area contributed by atoms with Crippen LogP contribution in [0.1, 0.15) is 11.1 Å². The summed E-state index contributed by atoms with van der Waals surface area (Å²) in [6.07, 6.45) is 3.91. The van der Waals surface area contributed by atoms with Gasteiger partial charge < -0.3 is 0 Å². The molecule has 12 heavy (non-hydrogen) atoms. The minimum absolute atomic E-state index is 0.785. The molecule has 2 rings (SSSR count). The fourth-order valence-corrected chi connectivity index (χ4v) is 1.42. The third-order valence-electron chi connectivity index (χ3n) is 2.28. The molecule has 0 atom stereocenters. The van der Waals surface area contributed by atoms with Gasteiger partial charge in [-0.05, 0) is 18.5 Å². The van der Waals surface area contributed by atoms with E-state index in [0.717, 1.165) is 18.6 Å². The van der Waals surface area contributed by atoms with E-state index >= 15 is 0 Å². The molecule has 1 heterocycles.